The second-order valence-corrected chi connectivity index (χ2v) is 10.6. The lowest BCUT2D eigenvalue weighted by molar-refractivity contribution is 0.200. The highest BCUT2D eigenvalue weighted by molar-refractivity contribution is 5.93. The maximum Gasteiger partial charge on any atom is 0.119 e. The monoisotopic (exact) mass is 546 g/mol. The normalized spacial score (nSPS) is 13.9. The van der Waals surface area contributed by atoms with Gasteiger partial charge in [-0.15, -0.1) is 0 Å². The zero-order valence-corrected chi connectivity index (χ0v) is 22.9. The molecule has 0 radical (unpaired) electrons. The molecule has 0 amide bonds. The summed E-state index contributed by atoms with van der Waals surface area (Å²) in [4.78, 5) is 4.72. The van der Waals surface area contributed by atoms with Crippen molar-refractivity contribution in [2.75, 3.05) is 44.2 Å². The van der Waals surface area contributed by atoms with Crippen LogP contribution in [0, 0.1) is 0 Å². The highest BCUT2D eigenvalue weighted by Gasteiger charge is 2.17. The van der Waals surface area contributed by atoms with Crippen molar-refractivity contribution in [2.45, 2.75) is 6.42 Å². The molecule has 3 N–H and O–H groups in total. The summed E-state index contributed by atoms with van der Waals surface area (Å²) >= 11 is 0. The Morgan fingerprint density at radius 1 is 0.659 bits per heavy atom. The Kier molecular flexibility index (Phi) is 7.65. The van der Waals surface area contributed by atoms with E-state index in [1.165, 1.54) is 11.1 Å². The fourth-order valence-corrected chi connectivity index (χ4v) is 5.60. The Bertz CT molecular complexity index is 1630. The van der Waals surface area contributed by atoms with Crippen LogP contribution in [0.2, 0.25) is 0 Å². The number of benzene rings is 5. The molecule has 5 aromatic carbocycles. The minimum Gasteiger partial charge on any atom is -0.508 e. The zero-order chi connectivity index (χ0) is 28.2. The first kappa shape index (κ1) is 26.5. The third-order valence-electron chi connectivity index (χ3n) is 7.84. The van der Waals surface area contributed by atoms with Crippen LogP contribution in [0.25, 0.3) is 21.9 Å². The van der Waals surface area contributed by atoms with Crippen LogP contribution in [0.15, 0.2) is 103 Å². The molecule has 1 saturated heterocycles. The van der Waals surface area contributed by atoms with Crippen LogP contribution in [0.3, 0.4) is 0 Å². The van der Waals surface area contributed by atoms with E-state index in [4.69, 9.17) is 4.74 Å². The van der Waals surface area contributed by atoms with Crippen molar-refractivity contribution in [1.82, 2.24) is 4.90 Å². The van der Waals surface area contributed by atoms with Crippen molar-refractivity contribution in [2.24, 2.45) is 0 Å². The quantitative estimate of drug-likeness (QED) is 0.209. The lowest BCUT2D eigenvalue weighted by Gasteiger charge is -2.36. The summed E-state index contributed by atoms with van der Waals surface area (Å²) in [5.41, 5.74) is 5.55. The molecule has 6 heteroatoms. The van der Waals surface area contributed by atoms with E-state index in [2.05, 4.69) is 28.0 Å². The average molecular weight is 547 g/mol. The smallest absolute Gasteiger partial charge is 0.119 e. The predicted octanol–water partition coefficient (Wildman–Crippen LogP) is 6.42. The first-order chi connectivity index (χ1) is 20.0. The third kappa shape index (κ3) is 6.23. The summed E-state index contributed by atoms with van der Waals surface area (Å²) in [7, 11) is 0. The van der Waals surface area contributed by atoms with Crippen LogP contribution in [-0.2, 0) is 6.42 Å². The van der Waals surface area contributed by atoms with Gasteiger partial charge in [-0.05, 0) is 88.0 Å². The number of anilines is 1. The molecule has 1 aliphatic heterocycles. The predicted molar refractivity (Wildman–Crippen MR) is 164 cm³/mol. The van der Waals surface area contributed by atoms with Gasteiger partial charge in [0.25, 0.3) is 0 Å². The topological polar surface area (TPSA) is 76.4 Å². The van der Waals surface area contributed by atoms with Gasteiger partial charge in [-0.1, -0.05) is 48.5 Å². The van der Waals surface area contributed by atoms with E-state index < -0.39 is 0 Å². The fraction of sp³-hybridized carbons (Fsp3) is 0.200. The number of nitrogens with zero attached hydrogens (tertiary/aromatic N) is 2. The van der Waals surface area contributed by atoms with Gasteiger partial charge in [-0.25, -0.2) is 0 Å². The molecular weight excluding hydrogens is 512 g/mol. The van der Waals surface area contributed by atoms with Gasteiger partial charge in [-0.2, -0.15) is 0 Å². The lowest BCUT2D eigenvalue weighted by atomic mass is 9.90. The van der Waals surface area contributed by atoms with E-state index in [9.17, 15) is 15.3 Å². The van der Waals surface area contributed by atoms with Gasteiger partial charge in [0.05, 0.1) is 0 Å². The fourth-order valence-electron chi connectivity index (χ4n) is 5.60. The molecule has 0 atom stereocenters. The summed E-state index contributed by atoms with van der Waals surface area (Å²) in [5.74, 6) is 1.65. The van der Waals surface area contributed by atoms with E-state index in [1.54, 1.807) is 30.3 Å². The Morgan fingerprint density at radius 2 is 1.39 bits per heavy atom. The van der Waals surface area contributed by atoms with Crippen LogP contribution >= 0.6 is 0 Å². The summed E-state index contributed by atoms with van der Waals surface area (Å²) in [6.45, 7) is 5.28. The van der Waals surface area contributed by atoms with E-state index in [1.807, 2.05) is 54.6 Å². The standard InChI is InChI=1S/C35H34N2O4/c38-29-9-6-26(7-10-29)33-14-8-27-23-31(40)11-15-34(27)35(33)22-25-4-12-32(13-5-25)41-21-20-36-16-18-37(19-17-36)28-2-1-3-30(39)24-28/h1-15,23-24,38-40H,16-22H2. The van der Waals surface area contributed by atoms with Crippen molar-refractivity contribution < 1.29 is 20.1 Å². The Hall–Kier alpha value is -4.68. The largest absolute Gasteiger partial charge is 0.508 e. The SMILES string of the molecule is Oc1ccc(-c2ccc3cc(O)ccc3c2Cc2ccc(OCCN3CCN(c4cccc(O)c4)CC3)cc2)cc1. The molecule has 41 heavy (non-hydrogen) atoms. The van der Waals surface area contributed by atoms with E-state index in [0.717, 1.165) is 72.5 Å². The second kappa shape index (κ2) is 11.8. The molecule has 0 aliphatic carbocycles. The van der Waals surface area contributed by atoms with Crippen molar-refractivity contribution in [1.29, 1.82) is 0 Å². The minimum atomic E-state index is 0.243. The van der Waals surface area contributed by atoms with Crippen LogP contribution < -0.4 is 9.64 Å². The van der Waals surface area contributed by atoms with Crippen molar-refractivity contribution in [3.8, 4) is 34.1 Å². The molecule has 208 valence electrons. The minimum absolute atomic E-state index is 0.243. The van der Waals surface area contributed by atoms with E-state index in [-0.39, 0.29) is 11.5 Å². The highest BCUT2D eigenvalue weighted by atomic mass is 16.5. The average Bonchev–Trinajstić information content (AvgIpc) is 2.99. The summed E-state index contributed by atoms with van der Waals surface area (Å²) in [6, 6.07) is 32.7. The maximum absolute atomic E-state index is 10.0. The van der Waals surface area contributed by atoms with E-state index in [0.29, 0.717) is 12.4 Å². The summed E-state index contributed by atoms with van der Waals surface area (Å²) in [5, 5.41) is 31.7. The van der Waals surface area contributed by atoms with Crippen molar-refractivity contribution in [3.63, 3.8) is 0 Å². The number of phenolic OH excluding ortho intramolecular Hbond substituents is 3. The Balaban J connectivity index is 1.09. The van der Waals surface area contributed by atoms with Gasteiger partial charge in [0.15, 0.2) is 0 Å². The molecule has 0 unspecified atom stereocenters. The number of ether oxygens (including phenoxy) is 1. The molecule has 1 aliphatic rings. The number of fused-ring (bicyclic) bond motifs is 1. The van der Waals surface area contributed by atoms with Crippen LogP contribution in [-0.4, -0.2) is 59.6 Å². The van der Waals surface area contributed by atoms with Gasteiger partial charge in [-0.3, -0.25) is 4.90 Å². The summed E-state index contributed by atoms with van der Waals surface area (Å²) < 4.78 is 6.09. The van der Waals surface area contributed by atoms with Crippen LogP contribution in [0.4, 0.5) is 5.69 Å². The molecule has 6 rings (SSSR count). The molecule has 0 saturated carbocycles. The van der Waals surface area contributed by atoms with Gasteiger partial charge in [0.2, 0.25) is 0 Å². The van der Waals surface area contributed by atoms with Crippen LogP contribution in [0.5, 0.6) is 23.0 Å². The summed E-state index contributed by atoms with van der Waals surface area (Å²) in [6.07, 6.45) is 0.724. The van der Waals surface area contributed by atoms with Crippen molar-refractivity contribution in [3.05, 3.63) is 114 Å². The molecule has 6 nitrogen and oxygen atoms in total. The number of phenols is 3. The van der Waals surface area contributed by atoms with Gasteiger partial charge in [0.1, 0.15) is 29.6 Å². The molecule has 1 fully saturated rings. The number of hydrogen-bond donors (Lipinski definition) is 3. The van der Waals surface area contributed by atoms with Crippen LogP contribution in [0.1, 0.15) is 11.1 Å². The molecule has 0 aromatic heterocycles. The third-order valence-corrected chi connectivity index (χ3v) is 7.84. The number of piperazine rings is 1. The number of rotatable bonds is 8. The van der Waals surface area contributed by atoms with Crippen molar-refractivity contribution >= 4 is 16.5 Å². The zero-order valence-electron chi connectivity index (χ0n) is 22.9. The maximum atomic E-state index is 10.0. The number of hydrogen-bond acceptors (Lipinski definition) is 6. The highest BCUT2D eigenvalue weighted by Crippen LogP contribution is 2.34. The molecule has 1 heterocycles. The molecular formula is C35H34N2O4. The lowest BCUT2D eigenvalue weighted by Crippen LogP contribution is -2.47. The second-order valence-electron chi connectivity index (χ2n) is 10.6. The van der Waals surface area contributed by atoms with Gasteiger partial charge in [0, 0.05) is 44.5 Å². The molecule has 5 aromatic rings. The molecule has 0 bridgehead atoms. The first-order valence-corrected chi connectivity index (χ1v) is 14.0. The Morgan fingerprint density at radius 3 is 2.15 bits per heavy atom. The Labute approximate surface area is 240 Å². The number of aromatic hydroxyl groups is 3. The van der Waals surface area contributed by atoms with E-state index >= 15 is 0 Å². The first-order valence-electron chi connectivity index (χ1n) is 14.0. The molecule has 0 spiro atoms. The van der Waals surface area contributed by atoms with Gasteiger partial charge >= 0.3 is 0 Å². The van der Waals surface area contributed by atoms with Gasteiger partial charge < -0.3 is 25.0 Å².